The number of nitrogens with one attached hydrogen (secondary N) is 2. The predicted octanol–water partition coefficient (Wildman–Crippen LogP) is 3.33. The number of benzene rings is 1. The third-order valence-electron chi connectivity index (χ3n) is 2.73. The summed E-state index contributed by atoms with van der Waals surface area (Å²) >= 11 is 0. The normalized spacial score (nSPS) is 13.1. The van der Waals surface area contributed by atoms with Crippen LogP contribution in [0.3, 0.4) is 0 Å². The molecule has 24 heavy (non-hydrogen) atoms. The quantitative estimate of drug-likeness (QED) is 0.864. The fourth-order valence-corrected chi connectivity index (χ4v) is 1.72. The summed E-state index contributed by atoms with van der Waals surface area (Å²) in [5, 5.41) is 5.33. The molecule has 0 saturated carbocycles. The van der Waals surface area contributed by atoms with Gasteiger partial charge in [-0.15, -0.1) is 0 Å². The monoisotopic (exact) mass is 336 g/mol. The van der Waals surface area contributed by atoms with Crippen LogP contribution in [0, 0.1) is 0 Å². The predicted molar refractivity (Wildman–Crippen MR) is 93.9 cm³/mol. The van der Waals surface area contributed by atoms with E-state index in [1.54, 1.807) is 32.9 Å². The Balaban J connectivity index is 2.76. The van der Waals surface area contributed by atoms with Gasteiger partial charge in [0.15, 0.2) is 0 Å². The molecule has 0 aliphatic heterocycles. The molecule has 2 N–H and O–H groups in total. The van der Waals surface area contributed by atoms with Crippen molar-refractivity contribution >= 4 is 17.7 Å². The average molecular weight is 336 g/mol. The van der Waals surface area contributed by atoms with E-state index in [4.69, 9.17) is 9.47 Å². The number of alkyl carbamates (subject to hydrolysis) is 1. The molecule has 0 spiro atoms. The van der Waals surface area contributed by atoms with Crippen LogP contribution in [0.2, 0.25) is 0 Å². The number of hydrogen-bond donors (Lipinski definition) is 2. The number of ether oxygens (including phenoxy) is 2. The highest BCUT2D eigenvalue weighted by Gasteiger charge is 2.26. The van der Waals surface area contributed by atoms with E-state index in [0.717, 1.165) is 0 Å². The van der Waals surface area contributed by atoms with Gasteiger partial charge in [0.05, 0.1) is 12.2 Å². The smallest absolute Gasteiger partial charge is 0.408 e. The zero-order valence-electron chi connectivity index (χ0n) is 15.3. The molecule has 0 aliphatic carbocycles. The highest BCUT2D eigenvalue weighted by molar-refractivity contribution is 5.96. The van der Waals surface area contributed by atoms with Gasteiger partial charge in [0.2, 0.25) is 5.91 Å². The number of anilines is 1. The van der Waals surface area contributed by atoms with E-state index in [0.29, 0.717) is 5.69 Å². The lowest BCUT2D eigenvalue weighted by Crippen LogP contribution is -2.49. The van der Waals surface area contributed by atoms with Gasteiger partial charge in [-0.05, 0) is 53.7 Å². The van der Waals surface area contributed by atoms with E-state index in [9.17, 15) is 9.59 Å². The van der Waals surface area contributed by atoms with Crippen LogP contribution >= 0.6 is 0 Å². The molecule has 0 aliphatic rings. The van der Waals surface area contributed by atoms with Crippen LogP contribution in [-0.2, 0) is 14.3 Å². The fraction of sp³-hybridized carbons (Fsp3) is 0.556. The molecule has 0 heterocycles. The van der Waals surface area contributed by atoms with E-state index >= 15 is 0 Å². The molecule has 1 rings (SSSR count). The topological polar surface area (TPSA) is 76.7 Å². The summed E-state index contributed by atoms with van der Waals surface area (Å²) in [7, 11) is 0. The highest BCUT2D eigenvalue weighted by Crippen LogP contribution is 2.11. The second-order valence-electron chi connectivity index (χ2n) is 7.48. The fourth-order valence-electron chi connectivity index (χ4n) is 1.72. The van der Waals surface area contributed by atoms with Crippen LogP contribution in [0.15, 0.2) is 30.3 Å². The summed E-state index contributed by atoms with van der Waals surface area (Å²) in [6.07, 6.45) is -0.659. The minimum Gasteiger partial charge on any atom is -0.444 e. The third-order valence-corrected chi connectivity index (χ3v) is 2.73. The van der Waals surface area contributed by atoms with Crippen molar-refractivity contribution in [3.8, 4) is 0 Å². The van der Waals surface area contributed by atoms with Gasteiger partial charge in [-0.3, -0.25) is 4.79 Å². The second-order valence-corrected chi connectivity index (χ2v) is 7.48. The standard InChI is InChI=1S/C18H28N2O4/c1-17(2,3)23-12-14(20-16(22)24-18(4,5)6)15(21)19-13-10-8-7-9-11-13/h7-11,14H,12H2,1-6H3,(H,19,21)(H,20,22). The van der Waals surface area contributed by atoms with Crippen molar-refractivity contribution < 1.29 is 19.1 Å². The van der Waals surface area contributed by atoms with Gasteiger partial charge in [-0.2, -0.15) is 0 Å². The number of carbonyl (C=O) groups is 2. The number of para-hydroxylation sites is 1. The number of rotatable bonds is 5. The van der Waals surface area contributed by atoms with Gasteiger partial charge < -0.3 is 20.1 Å². The van der Waals surface area contributed by atoms with Crippen LogP contribution in [0.25, 0.3) is 0 Å². The van der Waals surface area contributed by atoms with Crippen LogP contribution in [0.5, 0.6) is 0 Å². The summed E-state index contributed by atoms with van der Waals surface area (Å²) in [4.78, 5) is 24.5. The lowest BCUT2D eigenvalue weighted by Gasteiger charge is -2.26. The lowest BCUT2D eigenvalue weighted by atomic mass is 10.2. The first-order chi connectivity index (χ1) is 11.0. The Bertz CT molecular complexity index is 544. The molecule has 134 valence electrons. The van der Waals surface area contributed by atoms with Crippen LogP contribution < -0.4 is 10.6 Å². The molecular weight excluding hydrogens is 308 g/mol. The van der Waals surface area contributed by atoms with Gasteiger partial charge in [-0.25, -0.2) is 4.79 Å². The number of hydrogen-bond acceptors (Lipinski definition) is 4. The van der Waals surface area contributed by atoms with E-state index in [-0.39, 0.29) is 12.5 Å². The SMILES string of the molecule is CC(C)(C)OCC(NC(=O)OC(C)(C)C)C(=O)Nc1ccccc1. The largest absolute Gasteiger partial charge is 0.444 e. The van der Waals surface area contributed by atoms with Crippen molar-refractivity contribution in [1.82, 2.24) is 5.32 Å². The Labute approximate surface area is 143 Å². The molecule has 1 aromatic carbocycles. The molecule has 1 aromatic rings. The van der Waals surface area contributed by atoms with Crippen molar-refractivity contribution in [1.29, 1.82) is 0 Å². The Morgan fingerprint density at radius 2 is 1.58 bits per heavy atom. The first-order valence-electron chi connectivity index (χ1n) is 7.96. The number of amides is 2. The molecule has 0 bridgehead atoms. The third kappa shape index (κ3) is 8.53. The Hall–Kier alpha value is -2.08. The molecule has 1 unspecified atom stereocenters. The molecule has 6 nitrogen and oxygen atoms in total. The Kier molecular flexibility index (Phi) is 6.78. The van der Waals surface area contributed by atoms with Gasteiger partial charge in [0.25, 0.3) is 0 Å². The van der Waals surface area contributed by atoms with Gasteiger partial charge in [0.1, 0.15) is 11.6 Å². The van der Waals surface area contributed by atoms with Crippen molar-refractivity contribution in [2.45, 2.75) is 58.8 Å². The van der Waals surface area contributed by atoms with Crippen molar-refractivity contribution in [2.24, 2.45) is 0 Å². The molecule has 0 saturated heterocycles. The highest BCUT2D eigenvalue weighted by atomic mass is 16.6. The van der Waals surface area contributed by atoms with E-state index in [1.807, 2.05) is 39.0 Å². The summed E-state index contributed by atoms with van der Waals surface area (Å²) in [5.41, 5.74) is -0.426. The maximum absolute atomic E-state index is 12.5. The average Bonchev–Trinajstić information content (AvgIpc) is 2.41. The van der Waals surface area contributed by atoms with E-state index < -0.39 is 23.3 Å². The molecule has 1 atom stereocenters. The van der Waals surface area contributed by atoms with E-state index in [2.05, 4.69) is 10.6 Å². The maximum atomic E-state index is 12.5. The Morgan fingerprint density at radius 1 is 1.00 bits per heavy atom. The zero-order chi connectivity index (χ0) is 18.4. The molecule has 6 heteroatoms. The van der Waals surface area contributed by atoms with Crippen molar-refractivity contribution in [2.75, 3.05) is 11.9 Å². The first kappa shape index (κ1) is 20.0. The first-order valence-corrected chi connectivity index (χ1v) is 7.96. The summed E-state index contributed by atoms with van der Waals surface area (Å²) in [6.45, 7) is 11.0. The maximum Gasteiger partial charge on any atom is 0.408 e. The number of carbonyl (C=O) groups excluding carboxylic acids is 2. The molecule has 2 amide bonds. The van der Waals surface area contributed by atoms with Gasteiger partial charge >= 0.3 is 6.09 Å². The molecular formula is C18H28N2O4. The zero-order valence-corrected chi connectivity index (χ0v) is 15.3. The molecule has 0 radical (unpaired) electrons. The van der Waals surface area contributed by atoms with Crippen LogP contribution in [0.1, 0.15) is 41.5 Å². The second kappa shape index (κ2) is 8.15. The van der Waals surface area contributed by atoms with Gasteiger partial charge in [0, 0.05) is 5.69 Å². The molecule has 0 fully saturated rings. The van der Waals surface area contributed by atoms with E-state index in [1.165, 1.54) is 0 Å². The minimum atomic E-state index is -0.862. The Morgan fingerprint density at radius 3 is 2.08 bits per heavy atom. The van der Waals surface area contributed by atoms with Gasteiger partial charge in [-0.1, -0.05) is 18.2 Å². The lowest BCUT2D eigenvalue weighted by molar-refractivity contribution is -0.121. The summed E-state index contributed by atoms with van der Waals surface area (Å²) in [6, 6.07) is 8.17. The summed E-state index contributed by atoms with van der Waals surface area (Å²) in [5.74, 6) is -0.365. The van der Waals surface area contributed by atoms with Crippen molar-refractivity contribution in [3.63, 3.8) is 0 Å². The van der Waals surface area contributed by atoms with Crippen LogP contribution in [-0.4, -0.2) is 35.9 Å². The minimum absolute atomic E-state index is 0.0431. The molecule has 0 aromatic heterocycles. The summed E-state index contributed by atoms with van der Waals surface area (Å²) < 4.78 is 10.9. The van der Waals surface area contributed by atoms with Crippen molar-refractivity contribution in [3.05, 3.63) is 30.3 Å². The van der Waals surface area contributed by atoms with Crippen LogP contribution in [0.4, 0.5) is 10.5 Å².